The summed E-state index contributed by atoms with van der Waals surface area (Å²) in [5, 5.41) is 7.61. The minimum absolute atomic E-state index is 0.190. The molecule has 27 heavy (non-hydrogen) atoms. The standard InChI is InChI=1S/C20H29FN6/c1-3-22-20(23-10-4-5-17-15-24-25(2)16-17)27-13-11-26(12-14-27)19-8-6-18(21)7-9-19/h6-9,15-16H,3-5,10-14H2,1-2H3,(H,22,23). The van der Waals surface area contributed by atoms with E-state index in [2.05, 4.69) is 33.3 Å². The third kappa shape index (κ3) is 5.45. The number of nitrogens with zero attached hydrogens (tertiary/aromatic N) is 5. The lowest BCUT2D eigenvalue weighted by Crippen LogP contribution is -2.52. The highest BCUT2D eigenvalue weighted by Crippen LogP contribution is 2.17. The summed E-state index contributed by atoms with van der Waals surface area (Å²) in [5.74, 6) is 0.799. The van der Waals surface area contributed by atoms with Gasteiger partial charge < -0.3 is 15.1 Å². The summed E-state index contributed by atoms with van der Waals surface area (Å²) >= 11 is 0. The van der Waals surface area contributed by atoms with Gasteiger partial charge in [-0.2, -0.15) is 5.10 Å². The average molecular weight is 372 g/mol. The predicted molar refractivity (Wildman–Crippen MR) is 108 cm³/mol. The van der Waals surface area contributed by atoms with Gasteiger partial charge >= 0.3 is 0 Å². The van der Waals surface area contributed by atoms with Gasteiger partial charge in [0.25, 0.3) is 0 Å². The first-order valence-corrected chi connectivity index (χ1v) is 9.67. The molecule has 0 bridgehead atoms. The molecule has 1 N–H and O–H groups in total. The van der Waals surface area contributed by atoms with E-state index in [1.54, 1.807) is 0 Å². The molecule has 1 aliphatic rings. The summed E-state index contributed by atoms with van der Waals surface area (Å²) < 4.78 is 14.9. The Morgan fingerprint density at radius 1 is 1.19 bits per heavy atom. The van der Waals surface area contributed by atoms with Gasteiger partial charge in [-0.25, -0.2) is 4.39 Å². The van der Waals surface area contributed by atoms with Crippen molar-refractivity contribution in [2.24, 2.45) is 12.0 Å². The maximum Gasteiger partial charge on any atom is 0.194 e. The molecule has 1 aliphatic heterocycles. The van der Waals surface area contributed by atoms with E-state index in [1.807, 2.05) is 30.1 Å². The number of anilines is 1. The van der Waals surface area contributed by atoms with Crippen LogP contribution in [0.2, 0.25) is 0 Å². The first-order chi connectivity index (χ1) is 13.2. The number of aliphatic imine (C=N–C) groups is 1. The normalized spacial score (nSPS) is 15.3. The summed E-state index contributed by atoms with van der Waals surface area (Å²) in [7, 11) is 1.94. The molecule has 1 saturated heterocycles. The molecular formula is C20H29FN6. The van der Waals surface area contributed by atoms with E-state index in [4.69, 9.17) is 4.99 Å². The predicted octanol–water partition coefficient (Wildman–Crippen LogP) is 2.28. The second-order valence-electron chi connectivity index (χ2n) is 6.81. The van der Waals surface area contributed by atoms with Gasteiger partial charge in [0.1, 0.15) is 5.82 Å². The van der Waals surface area contributed by atoms with Gasteiger partial charge in [-0.1, -0.05) is 0 Å². The second kappa shape index (κ2) is 9.39. The molecule has 0 aliphatic carbocycles. The van der Waals surface area contributed by atoms with Crippen LogP contribution < -0.4 is 10.2 Å². The fourth-order valence-electron chi connectivity index (χ4n) is 3.32. The molecule has 1 aromatic carbocycles. The van der Waals surface area contributed by atoms with Crippen molar-refractivity contribution >= 4 is 11.6 Å². The Balaban J connectivity index is 1.50. The van der Waals surface area contributed by atoms with Gasteiger partial charge in [-0.15, -0.1) is 0 Å². The van der Waals surface area contributed by atoms with Crippen LogP contribution in [0.25, 0.3) is 0 Å². The molecule has 3 rings (SSSR count). The monoisotopic (exact) mass is 372 g/mol. The Labute approximate surface area is 160 Å². The zero-order chi connectivity index (χ0) is 19.1. The quantitative estimate of drug-likeness (QED) is 0.480. The molecule has 1 aromatic heterocycles. The molecule has 0 unspecified atom stereocenters. The zero-order valence-electron chi connectivity index (χ0n) is 16.2. The lowest BCUT2D eigenvalue weighted by molar-refractivity contribution is 0.372. The molecule has 0 amide bonds. The molecular weight excluding hydrogens is 343 g/mol. The molecule has 0 atom stereocenters. The summed E-state index contributed by atoms with van der Waals surface area (Å²) in [6.07, 6.45) is 5.98. The summed E-state index contributed by atoms with van der Waals surface area (Å²) in [6.45, 7) is 7.39. The Hall–Kier alpha value is -2.57. The van der Waals surface area contributed by atoms with Crippen LogP contribution in [0.1, 0.15) is 18.9 Å². The Morgan fingerprint density at radius 2 is 1.93 bits per heavy atom. The number of benzene rings is 1. The van der Waals surface area contributed by atoms with Crippen LogP contribution >= 0.6 is 0 Å². The summed E-state index contributed by atoms with van der Waals surface area (Å²) in [4.78, 5) is 9.41. The van der Waals surface area contributed by atoms with Crippen LogP contribution in [0.3, 0.4) is 0 Å². The summed E-state index contributed by atoms with van der Waals surface area (Å²) in [6, 6.07) is 6.75. The minimum Gasteiger partial charge on any atom is -0.368 e. The highest BCUT2D eigenvalue weighted by molar-refractivity contribution is 5.80. The Morgan fingerprint density at radius 3 is 2.56 bits per heavy atom. The van der Waals surface area contributed by atoms with E-state index >= 15 is 0 Å². The van der Waals surface area contributed by atoms with Gasteiger partial charge in [-0.3, -0.25) is 9.67 Å². The van der Waals surface area contributed by atoms with E-state index < -0.39 is 0 Å². The van der Waals surface area contributed by atoms with Crippen LogP contribution in [0.5, 0.6) is 0 Å². The molecule has 146 valence electrons. The number of nitrogens with one attached hydrogen (secondary N) is 1. The molecule has 7 heteroatoms. The SMILES string of the molecule is CCNC(=NCCCc1cnn(C)c1)N1CCN(c2ccc(F)cc2)CC1. The number of aryl methyl sites for hydroxylation is 2. The van der Waals surface area contributed by atoms with Gasteiger partial charge in [0.15, 0.2) is 5.96 Å². The van der Waals surface area contributed by atoms with Crippen molar-refractivity contribution in [2.45, 2.75) is 19.8 Å². The van der Waals surface area contributed by atoms with Crippen LogP contribution in [-0.4, -0.2) is 59.9 Å². The fourth-order valence-corrected chi connectivity index (χ4v) is 3.32. The number of halogens is 1. The van der Waals surface area contributed by atoms with Crippen molar-refractivity contribution in [3.63, 3.8) is 0 Å². The van der Waals surface area contributed by atoms with Crippen LogP contribution in [0.15, 0.2) is 41.7 Å². The maximum absolute atomic E-state index is 13.1. The highest BCUT2D eigenvalue weighted by Gasteiger charge is 2.19. The van der Waals surface area contributed by atoms with E-state index in [1.165, 1.54) is 17.7 Å². The van der Waals surface area contributed by atoms with E-state index in [9.17, 15) is 4.39 Å². The number of hydrogen-bond acceptors (Lipinski definition) is 3. The van der Waals surface area contributed by atoms with E-state index in [-0.39, 0.29) is 5.82 Å². The number of piperazine rings is 1. The summed E-state index contributed by atoms with van der Waals surface area (Å²) in [5.41, 5.74) is 2.33. The van der Waals surface area contributed by atoms with Crippen LogP contribution in [0.4, 0.5) is 10.1 Å². The van der Waals surface area contributed by atoms with Gasteiger partial charge in [0.2, 0.25) is 0 Å². The van der Waals surface area contributed by atoms with Crippen LogP contribution in [0, 0.1) is 5.82 Å². The molecule has 2 aromatic rings. The first-order valence-electron chi connectivity index (χ1n) is 9.67. The number of guanidine groups is 1. The van der Waals surface area contributed by atoms with Crippen molar-refractivity contribution < 1.29 is 4.39 Å². The molecule has 0 radical (unpaired) electrons. The maximum atomic E-state index is 13.1. The second-order valence-corrected chi connectivity index (χ2v) is 6.81. The molecule has 1 fully saturated rings. The van der Waals surface area contributed by atoms with Gasteiger partial charge in [0.05, 0.1) is 6.20 Å². The lowest BCUT2D eigenvalue weighted by Gasteiger charge is -2.37. The Bertz CT molecular complexity index is 731. The lowest BCUT2D eigenvalue weighted by atomic mass is 10.2. The number of hydrogen-bond donors (Lipinski definition) is 1. The van der Waals surface area contributed by atoms with Crippen molar-refractivity contribution in [1.82, 2.24) is 20.0 Å². The number of rotatable bonds is 6. The Kier molecular flexibility index (Phi) is 6.68. The highest BCUT2D eigenvalue weighted by atomic mass is 19.1. The van der Waals surface area contributed by atoms with Crippen LogP contribution in [-0.2, 0) is 13.5 Å². The molecule has 2 heterocycles. The largest absolute Gasteiger partial charge is 0.368 e. The fraction of sp³-hybridized carbons (Fsp3) is 0.500. The van der Waals surface area contributed by atoms with Gasteiger partial charge in [0, 0.05) is 58.2 Å². The zero-order valence-corrected chi connectivity index (χ0v) is 16.2. The average Bonchev–Trinajstić information content (AvgIpc) is 3.10. The van der Waals surface area contributed by atoms with Crippen molar-refractivity contribution in [1.29, 1.82) is 0 Å². The minimum atomic E-state index is -0.190. The molecule has 0 spiro atoms. The van der Waals surface area contributed by atoms with E-state index in [0.29, 0.717) is 0 Å². The molecule has 0 saturated carbocycles. The van der Waals surface area contributed by atoms with Crippen molar-refractivity contribution in [3.8, 4) is 0 Å². The van der Waals surface area contributed by atoms with Gasteiger partial charge in [-0.05, 0) is 49.6 Å². The molecule has 6 nitrogen and oxygen atoms in total. The smallest absolute Gasteiger partial charge is 0.194 e. The number of aromatic nitrogens is 2. The van der Waals surface area contributed by atoms with Crippen molar-refractivity contribution in [3.05, 3.63) is 48.0 Å². The third-order valence-electron chi connectivity index (χ3n) is 4.75. The van der Waals surface area contributed by atoms with Crippen molar-refractivity contribution in [2.75, 3.05) is 44.2 Å². The van der Waals surface area contributed by atoms with E-state index in [0.717, 1.165) is 63.8 Å². The topological polar surface area (TPSA) is 48.7 Å². The third-order valence-corrected chi connectivity index (χ3v) is 4.75. The first kappa shape index (κ1) is 19.2.